The molecule has 0 saturated carbocycles. The van der Waals surface area contributed by atoms with Gasteiger partial charge >= 0.3 is 0 Å². The molecule has 0 aliphatic heterocycles. The fourth-order valence-electron chi connectivity index (χ4n) is 13.3. The fraction of sp³-hybridized carbons (Fsp3) is 0.0256. The number of rotatable bonds is 9. The Bertz CT molecular complexity index is 4350. The molecule has 2 aliphatic carbocycles. The van der Waals surface area contributed by atoms with Crippen LogP contribution in [0.5, 0.6) is 0 Å². The summed E-state index contributed by atoms with van der Waals surface area (Å²) < 4.78 is 0. The van der Waals surface area contributed by atoms with Crippen molar-refractivity contribution in [3.8, 4) is 44.5 Å². The number of anilines is 3. The van der Waals surface area contributed by atoms with Gasteiger partial charge in [-0.1, -0.05) is 273 Å². The zero-order valence-electron chi connectivity index (χ0n) is 43.5. The topological polar surface area (TPSA) is 3.24 Å². The molecule has 15 rings (SSSR count). The Labute approximate surface area is 461 Å². The highest BCUT2D eigenvalue weighted by atomic mass is 15.1. The van der Waals surface area contributed by atoms with Crippen LogP contribution in [0.15, 0.2) is 309 Å². The summed E-state index contributed by atoms with van der Waals surface area (Å²) in [6, 6.07) is 105. The Morgan fingerprint density at radius 2 is 0.430 bits per heavy atom. The van der Waals surface area contributed by atoms with E-state index in [1.54, 1.807) is 0 Å². The van der Waals surface area contributed by atoms with Crippen molar-refractivity contribution in [2.75, 3.05) is 4.90 Å². The Morgan fingerprint density at radius 3 is 0.734 bits per heavy atom. The van der Waals surface area contributed by atoms with E-state index in [1.807, 2.05) is 0 Å². The van der Waals surface area contributed by atoms with Crippen molar-refractivity contribution in [3.05, 3.63) is 331 Å². The normalized spacial score (nSPS) is 14.7. The molecule has 2 aliphatic rings. The highest BCUT2D eigenvalue weighted by molar-refractivity contribution is 6.23. The summed E-state index contributed by atoms with van der Waals surface area (Å²) in [6.45, 7) is 0. The lowest BCUT2D eigenvalue weighted by Crippen LogP contribution is -2.40. The van der Waals surface area contributed by atoms with Crippen LogP contribution in [-0.2, 0) is 0 Å². The van der Waals surface area contributed by atoms with Gasteiger partial charge in [0, 0.05) is 28.9 Å². The van der Waals surface area contributed by atoms with Gasteiger partial charge in [-0.25, -0.2) is 0 Å². The molecule has 13 aromatic rings. The number of hydrogen-bond donors (Lipinski definition) is 0. The third-order valence-electron chi connectivity index (χ3n) is 16.6. The number of hydrogen-bond acceptors (Lipinski definition) is 1. The molecule has 0 saturated heterocycles. The SMILES string of the molecule is C1=CC2C(c3ccccc3)=c3ccccc3=C(c3ccc(N(c4ccc(-c5c6ccccc6c(-c6ccccc6)c6ccccc56)cc4)c4ccc(-c5c6ccccc6c(-c6ccccc6)c6ccccc56)cc4)cc3)C2C=C1. The van der Waals surface area contributed by atoms with Gasteiger partial charge in [0.25, 0.3) is 0 Å². The monoisotopic (exact) mass is 1000 g/mol. The average molecular weight is 1000 g/mol. The minimum absolute atomic E-state index is 0.194. The van der Waals surface area contributed by atoms with Crippen LogP contribution in [0.1, 0.15) is 11.1 Å². The Hall–Kier alpha value is -10.1. The van der Waals surface area contributed by atoms with Crippen molar-refractivity contribution in [3.63, 3.8) is 0 Å². The molecule has 13 aromatic carbocycles. The van der Waals surface area contributed by atoms with Crippen LogP contribution in [0.4, 0.5) is 17.1 Å². The van der Waals surface area contributed by atoms with Crippen molar-refractivity contribution in [1.29, 1.82) is 0 Å². The van der Waals surface area contributed by atoms with Gasteiger partial charge in [0.05, 0.1) is 0 Å². The smallest absolute Gasteiger partial charge is 0.0462 e. The summed E-state index contributed by atoms with van der Waals surface area (Å²) in [5.74, 6) is 0.415. The van der Waals surface area contributed by atoms with E-state index in [0.717, 1.165) is 17.1 Å². The highest BCUT2D eigenvalue weighted by Crippen LogP contribution is 2.48. The summed E-state index contributed by atoms with van der Waals surface area (Å²) >= 11 is 0. The van der Waals surface area contributed by atoms with Gasteiger partial charge in [0.15, 0.2) is 0 Å². The lowest BCUT2D eigenvalue weighted by atomic mass is 9.70. The second-order valence-corrected chi connectivity index (χ2v) is 21.0. The molecule has 0 radical (unpaired) electrons. The zero-order valence-corrected chi connectivity index (χ0v) is 43.5. The molecule has 2 unspecified atom stereocenters. The van der Waals surface area contributed by atoms with Crippen LogP contribution in [0, 0.1) is 11.8 Å². The van der Waals surface area contributed by atoms with E-state index < -0.39 is 0 Å². The summed E-state index contributed by atoms with van der Waals surface area (Å²) in [5.41, 5.74) is 18.4. The lowest BCUT2D eigenvalue weighted by Gasteiger charge is -2.33. The predicted octanol–water partition coefficient (Wildman–Crippen LogP) is 19.2. The van der Waals surface area contributed by atoms with Gasteiger partial charge in [-0.05, 0) is 157 Å². The molecule has 2 atom stereocenters. The fourth-order valence-corrected chi connectivity index (χ4v) is 13.3. The number of nitrogens with zero attached hydrogens (tertiary/aromatic N) is 1. The summed E-state index contributed by atoms with van der Waals surface area (Å²) in [6.07, 6.45) is 9.26. The molecule has 0 fully saturated rings. The van der Waals surface area contributed by atoms with Gasteiger partial charge in [-0.15, -0.1) is 0 Å². The molecule has 0 heterocycles. The largest absolute Gasteiger partial charge is 0.311 e. The van der Waals surface area contributed by atoms with Crippen molar-refractivity contribution in [2.45, 2.75) is 0 Å². The molecular formula is C78H53N. The molecule has 1 heteroatoms. The van der Waals surface area contributed by atoms with Gasteiger partial charge < -0.3 is 4.90 Å². The maximum absolute atomic E-state index is 2.42. The van der Waals surface area contributed by atoms with Crippen LogP contribution in [0.3, 0.4) is 0 Å². The molecule has 0 N–H and O–H groups in total. The van der Waals surface area contributed by atoms with Crippen LogP contribution >= 0.6 is 0 Å². The van der Waals surface area contributed by atoms with Crippen LogP contribution in [0.2, 0.25) is 0 Å². The molecule has 370 valence electrons. The maximum atomic E-state index is 2.42. The first-order valence-corrected chi connectivity index (χ1v) is 27.6. The van der Waals surface area contributed by atoms with E-state index in [0.29, 0.717) is 0 Å². The molecule has 0 spiro atoms. The zero-order chi connectivity index (χ0) is 52.2. The summed E-state index contributed by atoms with van der Waals surface area (Å²) in [4.78, 5) is 2.42. The first-order chi connectivity index (χ1) is 39.2. The number of allylic oxidation sites excluding steroid dienone is 4. The van der Waals surface area contributed by atoms with E-state index in [2.05, 4.69) is 314 Å². The van der Waals surface area contributed by atoms with E-state index >= 15 is 0 Å². The quantitative estimate of drug-likeness (QED) is 0.130. The molecular weight excluding hydrogens is 951 g/mol. The van der Waals surface area contributed by atoms with E-state index in [1.165, 1.54) is 120 Å². The Morgan fingerprint density at radius 1 is 0.203 bits per heavy atom. The van der Waals surface area contributed by atoms with Crippen LogP contribution < -0.4 is 15.3 Å². The van der Waals surface area contributed by atoms with Gasteiger partial charge in [0.2, 0.25) is 0 Å². The standard InChI is InChI=1S/C78H53N/c1-4-22-52(23-5-1)73-61-28-10-16-34-67(61)76(68-35-17-11-29-62(68)73)55-40-46-58(47-41-55)79(59-48-42-56(43-49-59)77-69-36-18-12-30-63(69)74(53-24-6-2-7-25-53)64-31-13-19-37-70(64)77)60-50-44-57(45-51-60)78-71-38-20-14-32-65(71)75(54-26-8-3-9-27-54)66-33-15-21-39-72(66)78/h1-51,61,67H. The first kappa shape index (κ1) is 46.2. The van der Waals surface area contributed by atoms with E-state index in [4.69, 9.17) is 0 Å². The van der Waals surface area contributed by atoms with Crippen molar-refractivity contribution in [2.24, 2.45) is 11.8 Å². The molecule has 0 amide bonds. The molecule has 79 heavy (non-hydrogen) atoms. The Kier molecular flexibility index (Phi) is 11.4. The van der Waals surface area contributed by atoms with E-state index in [9.17, 15) is 0 Å². The average Bonchev–Trinajstić information content (AvgIpc) is 3.72. The second-order valence-electron chi connectivity index (χ2n) is 21.0. The van der Waals surface area contributed by atoms with Crippen molar-refractivity contribution >= 4 is 71.3 Å². The van der Waals surface area contributed by atoms with Crippen LogP contribution in [0.25, 0.3) is 98.7 Å². The van der Waals surface area contributed by atoms with Gasteiger partial charge in [-0.3, -0.25) is 0 Å². The lowest BCUT2D eigenvalue weighted by molar-refractivity contribution is 0.686. The first-order valence-electron chi connectivity index (χ1n) is 27.6. The number of benzene rings is 13. The highest BCUT2D eigenvalue weighted by Gasteiger charge is 2.32. The summed E-state index contributed by atoms with van der Waals surface area (Å²) in [7, 11) is 0. The third kappa shape index (κ3) is 7.85. The maximum Gasteiger partial charge on any atom is 0.0462 e. The van der Waals surface area contributed by atoms with Gasteiger partial charge in [-0.2, -0.15) is 0 Å². The number of fused-ring (bicyclic) bond motifs is 6. The van der Waals surface area contributed by atoms with Crippen molar-refractivity contribution < 1.29 is 0 Å². The van der Waals surface area contributed by atoms with Crippen LogP contribution in [-0.4, -0.2) is 0 Å². The molecule has 0 aromatic heterocycles. The Balaban J connectivity index is 0.892. The van der Waals surface area contributed by atoms with E-state index in [-0.39, 0.29) is 11.8 Å². The third-order valence-corrected chi connectivity index (χ3v) is 16.6. The molecule has 1 nitrogen and oxygen atoms in total. The minimum atomic E-state index is 0.194. The van der Waals surface area contributed by atoms with Crippen molar-refractivity contribution in [1.82, 2.24) is 0 Å². The predicted molar refractivity (Wildman–Crippen MR) is 335 cm³/mol. The molecule has 0 bridgehead atoms. The second kappa shape index (κ2) is 19.5. The summed E-state index contributed by atoms with van der Waals surface area (Å²) in [5, 5.41) is 12.6. The van der Waals surface area contributed by atoms with Gasteiger partial charge in [0.1, 0.15) is 0 Å². The minimum Gasteiger partial charge on any atom is -0.311 e.